The van der Waals surface area contributed by atoms with Gasteiger partial charge >= 0.3 is 12.0 Å². The zero-order valence-electron chi connectivity index (χ0n) is 10.1. The summed E-state index contributed by atoms with van der Waals surface area (Å²) in [5, 5.41) is 17.9. The number of benzene rings is 1. The number of hydrogen-bond acceptors (Lipinski definition) is 3. The molecule has 0 bridgehead atoms. The van der Waals surface area contributed by atoms with Gasteiger partial charge in [-0.3, -0.25) is 4.68 Å². The monoisotopic (exact) mass is 260 g/mol. The van der Waals surface area contributed by atoms with Crippen molar-refractivity contribution in [2.45, 2.75) is 0 Å². The number of aryl methyl sites for hydroxylation is 1. The Morgan fingerprint density at radius 3 is 2.63 bits per heavy atom. The SMILES string of the molecule is Cn1cc(NC(=O)Nc2cccc(C(=O)O)c2)cn1. The highest BCUT2D eigenvalue weighted by Gasteiger charge is 2.07. The summed E-state index contributed by atoms with van der Waals surface area (Å²) in [5.74, 6) is -1.05. The molecule has 98 valence electrons. The molecule has 7 heteroatoms. The number of nitrogens with one attached hydrogen (secondary N) is 2. The van der Waals surface area contributed by atoms with Crippen molar-refractivity contribution in [3.05, 3.63) is 42.2 Å². The molecule has 2 aromatic rings. The standard InChI is InChI=1S/C12H12N4O3/c1-16-7-10(6-13-16)15-12(19)14-9-4-2-3-8(5-9)11(17)18/h2-7H,1H3,(H,17,18)(H2,14,15,19). The predicted octanol–water partition coefficient (Wildman–Crippen LogP) is 1.76. The van der Waals surface area contributed by atoms with Crippen molar-refractivity contribution in [3.8, 4) is 0 Å². The number of aromatic nitrogens is 2. The Morgan fingerprint density at radius 1 is 1.26 bits per heavy atom. The molecule has 0 aliphatic rings. The maximum Gasteiger partial charge on any atom is 0.335 e. The molecule has 2 amide bonds. The average molecular weight is 260 g/mol. The lowest BCUT2D eigenvalue weighted by Crippen LogP contribution is -2.19. The van der Waals surface area contributed by atoms with E-state index in [1.165, 1.54) is 18.3 Å². The molecule has 0 fully saturated rings. The first-order valence-electron chi connectivity index (χ1n) is 5.44. The lowest BCUT2D eigenvalue weighted by atomic mass is 10.2. The van der Waals surface area contributed by atoms with Gasteiger partial charge in [-0.15, -0.1) is 0 Å². The Morgan fingerprint density at radius 2 is 2.00 bits per heavy atom. The summed E-state index contributed by atoms with van der Waals surface area (Å²) >= 11 is 0. The summed E-state index contributed by atoms with van der Waals surface area (Å²) in [6.45, 7) is 0. The van der Waals surface area contributed by atoms with Gasteiger partial charge in [0.15, 0.2) is 0 Å². The van der Waals surface area contributed by atoms with E-state index < -0.39 is 12.0 Å². The third-order valence-corrected chi connectivity index (χ3v) is 2.33. The molecule has 0 spiro atoms. The van der Waals surface area contributed by atoms with Crippen LogP contribution in [-0.2, 0) is 7.05 Å². The van der Waals surface area contributed by atoms with Crippen molar-refractivity contribution in [1.82, 2.24) is 9.78 Å². The van der Waals surface area contributed by atoms with Crippen molar-refractivity contribution in [2.75, 3.05) is 10.6 Å². The predicted molar refractivity (Wildman–Crippen MR) is 69.3 cm³/mol. The summed E-state index contributed by atoms with van der Waals surface area (Å²) in [4.78, 5) is 22.5. The van der Waals surface area contributed by atoms with Crippen LogP contribution in [0.1, 0.15) is 10.4 Å². The van der Waals surface area contributed by atoms with Gasteiger partial charge in [-0.05, 0) is 18.2 Å². The molecule has 1 heterocycles. The lowest BCUT2D eigenvalue weighted by molar-refractivity contribution is 0.0697. The van der Waals surface area contributed by atoms with E-state index in [2.05, 4.69) is 15.7 Å². The number of rotatable bonds is 3. The molecular weight excluding hydrogens is 248 g/mol. The Labute approximate surface area is 108 Å². The van der Waals surface area contributed by atoms with Gasteiger partial charge < -0.3 is 15.7 Å². The summed E-state index contributed by atoms with van der Waals surface area (Å²) in [6.07, 6.45) is 3.15. The summed E-state index contributed by atoms with van der Waals surface area (Å²) in [5.41, 5.74) is 1.06. The van der Waals surface area contributed by atoms with Crippen LogP contribution in [0.25, 0.3) is 0 Å². The van der Waals surface area contributed by atoms with E-state index in [1.54, 1.807) is 30.1 Å². The lowest BCUT2D eigenvalue weighted by Gasteiger charge is -2.06. The molecule has 1 aromatic heterocycles. The largest absolute Gasteiger partial charge is 0.478 e. The molecule has 0 aliphatic carbocycles. The van der Waals surface area contributed by atoms with E-state index in [0.717, 1.165) is 0 Å². The zero-order valence-corrected chi connectivity index (χ0v) is 10.1. The number of anilines is 2. The normalized spacial score (nSPS) is 9.95. The first-order chi connectivity index (χ1) is 9.04. The van der Waals surface area contributed by atoms with Gasteiger partial charge in [-0.25, -0.2) is 9.59 Å². The van der Waals surface area contributed by atoms with Crippen LogP contribution in [0.2, 0.25) is 0 Å². The number of amides is 2. The Balaban J connectivity index is 2.02. The summed E-state index contributed by atoms with van der Waals surface area (Å²) < 4.78 is 1.56. The molecular formula is C12H12N4O3. The van der Waals surface area contributed by atoms with Gasteiger partial charge in [0.2, 0.25) is 0 Å². The van der Waals surface area contributed by atoms with Gasteiger partial charge in [-0.2, -0.15) is 5.10 Å². The van der Waals surface area contributed by atoms with Crippen molar-refractivity contribution in [3.63, 3.8) is 0 Å². The number of aromatic carboxylic acids is 1. The second kappa shape index (κ2) is 5.21. The quantitative estimate of drug-likeness (QED) is 0.783. The second-order valence-electron chi connectivity index (χ2n) is 3.87. The highest BCUT2D eigenvalue weighted by molar-refractivity contribution is 6.00. The first kappa shape index (κ1) is 12.6. The summed E-state index contributed by atoms with van der Waals surface area (Å²) in [7, 11) is 1.74. The van der Waals surface area contributed by atoms with E-state index in [9.17, 15) is 9.59 Å². The molecule has 19 heavy (non-hydrogen) atoms. The van der Waals surface area contributed by atoms with Gasteiger partial charge in [0.1, 0.15) is 0 Å². The van der Waals surface area contributed by atoms with Crippen LogP contribution in [0, 0.1) is 0 Å². The third-order valence-electron chi connectivity index (χ3n) is 2.33. The van der Waals surface area contributed by atoms with E-state index in [0.29, 0.717) is 11.4 Å². The number of carbonyl (C=O) groups is 2. The topological polar surface area (TPSA) is 96.2 Å². The Hall–Kier alpha value is -2.83. The molecule has 0 aliphatic heterocycles. The second-order valence-corrected chi connectivity index (χ2v) is 3.87. The van der Waals surface area contributed by atoms with Crippen molar-refractivity contribution >= 4 is 23.4 Å². The fraction of sp³-hybridized carbons (Fsp3) is 0.0833. The average Bonchev–Trinajstić information content (AvgIpc) is 2.74. The highest BCUT2D eigenvalue weighted by atomic mass is 16.4. The van der Waals surface area contributed by atoms with Crippen LogP contribution in [0.3, 0.4) is 0 Å². The third kappa shape index (κ3) is 3.32. The van der Waals surface area contributed by atoms with Crippen LogP contribution in [0.15, 0.2) is 36.7 Å². The number of carboxylic acid groups (broad SMARTS) is 1. The molecule has 2 rings (SSSR count). The smallest absolute Gasteiger partial charge is 0.335 e. The maximum absolute atomic E-state index is 11.7. The zero-order chi connectivity index (χ0) is 13.8. The Kier molecular flexibility index (Phi) is 3.46. The minimum absolute atomic E-state index is 0.110. The van der Waals surface area contributed by atoms with Crippen LogP contribution in [0.5, 0.6) is 0 Å². The first-order valence-corrected chi connectivity index (χ1v) is 5.44. The Bertz CT molecular complexity index is 621. The van der Waals surface area contributed by atoms with Crippen molar-refractivity contribution in [1.29, 1.82) is 0 Å². The molecule has 0 unspecified atom stereocenters. The van der Waals surface area contributed by atoms with Crippen LogP contribution < -0.4 is 10.6 Å². The van der Waals surface area contributed by atoms with E-state index in [-0.39, 0.29) is 5.56 Å². The number of carbonyl (C=O) groups excluding carboxylic acids is 1. The number of urea groups is 1. The van der Waals surface area contributed by atoms with Crippen molar-refractivity contribution in [2.24, 2.45) is 7.05 Å². The molecule has 0 saturated carbocycles. The van der Waals surface area contributed by atoms with Crippen molar-refractivity contribution < 1.29 is 14.7 Å². The van der Waals surface area contributed by atoms with E-state index >= 15 is 0 Å². The minimum atomic E-state index is -1.05. The number of carboxylic acids is 1. The van der Waals surface area contributed by atoms with Gasteiger partial charge in [-0.1, -0.05) is 6.07 Å². The van der Waals surface area contributed by atoms with Crippen LogP contribution in [0.4, 0.5) is 16.2 Å². The molecule has 7 nitrogen and oxygen atoms in total. The number of nitrogens with zero attached hydrogens (tertiary/aromatic N) is 2. The van der Waals surface area contributed by atoms with Gasteiger partial charge in [0, 0.05) is 18.9 Å². The molecule has 0 saturated heterocycles. The molecule has 0 radical (unpaired) electrons. The van der Waals surface area contributed by atoms with E-state index in [4.69, 9.17) is 5.11 Å². The van der Waals surface area contributed by atoms with Gasteiger partial charge in [0.25, 0.3) is 0 Å². The highest BCUT2D eigenvalue weighted by Crippen LogP contribution is 2.11. The van der Waals surface area contributed by atoms with Crippen LogP contribution in [-0.4, -0.2) is 26.9 Å². The molecule has 0 atom stereocenters. The minimum Gasteiger partial charge on any atom is -0.478 e. The van der Waals surface area contributed by atoms with Gasteiger partial charge in [0.05, 0.1) is 17.4 Å². The fourth-order valence-corrected chi connectivity index (χ4v) is 1.51. The summed E-state index contributed by atoms with van der Waals surface area (Å²) in [6, 6.07) is 5.53. The van der Waals surface area contributed by atoms with E-state index in [1.807, 2.05) is 0 Å². The fourth-order valence-electron chi connectivity index (χ4n) is 1.51. The van der Waals surface area contributed by atoms with Crippen LogP contribution >= 0.6 is 0 Å². The maximum atomic E-state index is 11.7. The molecule has 1 aromatic carbocycles. The number of hydrogen-bond donors (Lipinski definition) is 3. The molecule has 3 N–H and O–H groups in total.